The zero-order chi connectivity index (χ0) is 10.1. The monoisotopic (exact) mass is 252 g/mol. The molecule has 0 aliphatic heterocycles. The van der Waals surface area contributed by atoms with E-state index in [0.29, 0.717) is 0 Å². The smallest absolute Gasteiger partial charge is 0.0210 e. The van der Waals surface area contributed by atoms with Crippen LogP contribution >= 0.6 is 15.9 Å². The molecule has 76 valence electrons. The van der Waals surface area contributed by atoms with Gasteiger partial charge in [-0.15, -0.1) is 0 Å². The minimum Gasteiger partial charge on any atom is -0.0622 e. The third-order valence-corrected chi connectivity index (χ3v) is 4.04. The number of halogens is 1. The fraction of sp³-hybridized carbons (Fsp3) is 0.538. The van der Waals surface area contributed by atoms with Crippen molar-refractivity contribution in [3.63, 3.8) is 0 Å². The largest absolute Gasteiger partial charge is 0.0622 e. The van der Waals surface area contributed by atoms with Crippen LogP contribution in [0.25, 0.3) is 0 Å². The summed E-state index contributed by atoms with van der Waals surface area (Å²) in [6.07, 6.45) is 3.96. The maximum atomic E-state index is 3.66. The van der Waals surface area contributed by atoms with E-state index in [1.165, 1.54) is 23.7 Å². The van der Waals surface area contributed by atoms with Crippen LogP contribution in [0.4, 0.5) is 0 Å². The molecule has 0 fully saturated rings. The van der Waals surface area contributed by atoms with Crippen LogP contribution in [-0.2, 0) is 6.42 Å². The first-order valence-corrected chi connectivity index (χ1v) is 6.26. The van der Waals surface area contributed by atoms with Crippen LogP contribution in [0.2, 0.25) is 0 Å². The summed E-state index contributed by atoms with van der Waals surface area (Å²) in [4.78, 5) is 0. The Hall–Kier alpha value is -0.300. The van der Waals surface area contributed by atoms with Crippen LogP contribution in [-0.4, -0.2) is 0 Å². The number of hydrogen-bond acceptors (Lipinski definition) is 0. The SMILES string of the molecule is CC(C)C1CCCc2c(Br)cccc21. The molecule has 1 aliphatic rings. The van der Waals surface area contributed by atoms with Gasteiger partial charge < -0.3 is 0 Å². The molecule has 14 heavy (non-hydrogen) atoms. The van der Waals surface area contributed by atoms with Gasteiger partial charge in [-0.05, 0) is 48.3 Å². The van der Waals surface area contributed by atoms with Gasteiger partial charge in [0.05, 0.1) is 0 Å². The second kappa shape index (κ2) is 4.06. The quantitative estimate of drug-likeness (QED) is 0.690. The molecule has 1 unspecified atom stereocenters. The molecule has 1 atom stereocenters. The van der Waals surface area contributed by atoms with E-state index in [-0.39, 0.29) is 0 Å². The van der Waals surface area contributed by atoms with Crippen LogP contribution in [0.3, 0.4) is 0 Å². The maximum Gasteiger partial charge on any atom is 0.0210 e. The Labute approximate surface area is 94.8 Å². The molecular weight excluding hydrogens is 236 g/mol. The Bertz CT molecular complexity index is 328. The third kappa shape index (κ3) is 1.75. The zero-order valence-corrected chi connectivity index (χ0v) is 10.5. The minimum absolute atomic E-state index is 0.767. The molecular formula is C13H17Br. The summed E-state index contributed by atoms with van der Waals surface area (Å²) in [6.45, 7) is 4.67. The van der Waals surface area contributed by atoms with Gasteiger partial charge >= 0.3 is 0 Å². The molecule has 1 aromatic rings. The lowest BCUT2D eigenvalue weighted by Crippen LogP contribution is -2.14. The van der Waals surface area contributed by atoms with E-state index in [4.69, 9.17) is 0 Å². The second-order valence-electron chi connectivity index (χ2n) is 4.55. The van der Waals surface area contributed by atoms with Crippen molar-refractivity contribution in [3.8, 4) is 0 Å². The molecule has 0 radical (unpaired) electrons. The standard InChI is InChI=1S/C13H17Br/c1-9(2)10-5-3-7-12-11(10)6-4-8-13(12)14/h4,6,8-10H,3,5,7H2,1-2H3. The number of hydrogen-bond donors (Lipinski definition) is 0. The zero-order valence-electron chi connectivity index (χ0n) is 8.89. The Morgan fingerprint density at radius 2 is 2.14 bits per heavy atom. The van der Waals surface area contributed by atoms with Gasteiger partial charge in [0, 0.05) is 4.47 Å². The van der Waals surface area contributed by atoms with E-state index in [9.17, 15) is 0 Å². The normalized spacial score (nSPS) is 21.0. The second-order valence-corrected chi connectivity index (χ2v) is 5.40. The van der Waals surface area contributed by atoms with Crippen LogP contribution < -0.4 is 0 Å². The minimum atomic E-state index is 0.767. The predicted molar refractivity (Wildman–Crippen MR) is 64.7 cm³/mol. The first-order valence-electron chi connectivity index (χ1n) is 5.47. The van der Waals surface area contributed by atoms with Gasteiger partial charge in [-0.2, -0.15) is 0 Å². The summed E-state index contributed by atoms with van der Waals surface area (Å²) in [5.41, 5.74) is 3.14. The van der Waals surface area contributed by atoms with E-state index >= 15 is 0 Å². The highest BCUT2D eigenvalue weighted by Crippen LogP contribution is 2.39. The first kappa shape index (κ1) is 10.2. The van der Waals surface area contributed by atoms with Crippen LogP contribution in [0, 0.1) is 5.92 Å². The lowest BCUT2D eigenvalue weighted by Gasteiger charge is -2.29. The van der Waals surface area contributed by atoms with Crippen molar-refractivity contribution >= 4 is 15.9 Å². The lowest BCUT2D eigenvalue weighted by atomic mass is 9.77. The number of fused-ring (bicyclic) bond motifs is 1. The van der Waals surface area contributed by atoms with Gasteiger partial charge in [-0.1, -0.05) is 41.9 Å². The van der Waals surface area contributed by atoms with E-state index in [1.54, 1.807) is 11.1 Å². The summed E-state index contributed by atoms with van der Waals surface area (Å²) >= 11 is 3.66. The Morgan fingerprint density at radius 3 is 2.86 bits per heavy atom. The summed E-state index contributed by atoms with van der Waals surface area (Å²) in [7, 11) is 0. The summed E-state index contributed by atoms with van der Waals surface area (Å²) in [5.74, 6) is 1.54. The molecule has 1 aliphatic carbocycles. The molecule has 0 spiro atoms. The van der Waals surface area contributed by atoms with Crippen molar-refractivity contribution in [2.75, 3.05) is 0 Å². The van der Waals surface area contributed by atoms with E-state index in [0.717, 1.165) is 11.8 Å². The molecule has 0 N–H and O–H groups in total. The molecule has 2 rings (SSSR count). The Balaban J connectivity index is 2.44. The predicted octanol–water partition coefficient (Wildman–Crippen LogP) is 4.53. The summed E-state index contributed by atoms with van der Waals surface area (Å²) < 4.78 is 1.31. The first-order chi connectivity index (χ1) is 6.70. The van der Waals surface area contributed by atoms with Crippen molar-refractivity contribution < 1.29 is 0 Å². The molecule has 0 heterocycles. The highest BCUT2D eigenvalue weighted by molar-refractivity contribution is 9.10. The molecule has 1 aromatic carbocycles. The topological polar surface area (TPSA) is 0 Å². The molecule has 0 amide bonds. The van der Waals surface area contributed by atoms with Gasteiger partial charge in [-0.25, -0.2) is 0 Å². The maximum absolute atomic E-state index is 3.66. The molecule has 0 aromatic heterocycles. The van der Waals surface area contributed by atoms with Gasteiger partial charge in [-0.3, -0.25) is 0 Å². The molecule has 0 bridgehead atoms. The molecule has 0 nitrogen and oxygen atoms in total. The average molecular weight is 253 g/mol. The van der Waals surface area contributed by atoms with Crippen molar-refractivity contribution in [1.82, 2.24) is 0 Å². The van der Waals surface area contributed by atoms with Gasteiger partial charge in [0.2, 0.25) is 0 Å². The molecule has 0 saturated heterocycles. The number of rotatable bonds is 1. The van der Waals surface area contributed by atoms with Gasteiger partial charge in [0.1, 0.15) is 0 Å². The van der Waals surface area contributed by atoms with E-state index in [1.807, 2.05) is 0 Å². The van der Waals surface area contributed by atoms with Gasteiger partial charge in [0.25, 0.3) is 0 Å². The highest BCUT2D eigenvalue weighted by atomic mass is 79.9. The van der Waals surface area contributed by atoms with Crippen LogP contribution in [0.1, 0.15) is 43.7 Å². The Morgan fingerprint density at radius 1 is 1.36 bits per heavy atom. The number of benzene rings is 1. The highest BCUT2D eigenvalue weighted by Gasteiger charge is 2.23. The van der Waals surface area contributed by atoms with Crippen molar-refractivity contribution in [2.45, 2.75) is 39.0 Å². The Kier molecular flexibility index (Phi) is 2.96. The lowest BCUT2D eigenvalue weighted by molar-refractivity contribution is 0.433. The van der Waals surface area contributed by atoms with E-state index < -0.39 is 0 Å². The molecule has 0 saturated carbocycles. The summed E-state index contributed by atoms with van der Waals surface area (Å²) in [5, 5.41) is 0. The van der Waals surface area contributed by atoms with Crippen molar-refractivity contribution in [2.24, 2.45) is 5.92 Å². The van der Waals surface area contributed by atoms with Crippen molar-refractivity contribution in [1.29, 1.82) is 0 Å². The van der Waals surface area contributed by atoms with Gasteiger partial charge in [0.15, 0.2) is 0 Å². The fourth-order valence-electron chi connectivity index (χ4n) is 2.53. The van der Waals surface area contributed by atoms with Crippen LogP contribution in [0.5, 0.6) is 0 Å². The third-order valence-electron chi connectivity index (χ3n) is 3.30. The molecule has 1 heteroatoms. The average Bonchev–Trinajstić information content (AvgIpc) is 2.17. The van der Waals surface area contributed by atoms with Crippen molar-refractivity contribution in [3.05, 3.63) is 33.8 Å². The van der Waals surface area contributed by atoms with Crippen LogP contribution in [0.15, 0.2) is 22.7 Å². The van der Waals surface area contributed by atoms with E-state index in [2.05, 4.69) is 48.0 Å². The summed E-state index contributed by atoms with van der Waals surface area (Å²) in [6, 6.07) is 6.65. The fourth-order valence-corrected chi connectivity index (χ4v) is 3.11.